The molecule has 1 amide bonds. The van der Waals surface area contributed by atoms with Gasteiger partial charge in [-0.15, -0.1) is 11.3 Å². The molecule has 1 atom stereocenters. The predicted octanol–water partition coefficient (Wildman–Crippen LogP) is 5.25. The first kappa shape index (κ1) is 21.5. The number of amides is 1. The number of hydrogen-bond donors (Lipinski definition) is 0. The quantitative estimate of drug-likeness (QED) is 0.405. The first-order chi connectivity index (χ1) is 16.1. The minimum Gasteiger partial charge on any atom is -0.445 e. The summed E-state index contributed by atoms with van der Waals surface area (Å²) >= 11 is 1.52. The molecule has 6 nitrogen and oxygen atoms in total. The normalized spacial score (nSPS) is 16.2. The smallest absolute Gasteiger partial charge is 0.254 e. The van der Waals surface area contributed by atoms with E-state index in [1.54, 1.807) is 30.0 Å². The molecule has 0 bridgehead atoms. The fourth-order valence-corrected chi connectivity index (χ4v) is 4.99. The number of likely N-dealkylation sites (tertiary alicyclic amines) is 1. The standard InChI is InChI=1S/C25H23FN4O2S/c1-16-23(33-15-29-16)22-12-18(7-8-27-22)25(31)30-9-3-5-19(14-30)24-28-13-21(32-24)11-17-4-2-6-20(26)10-17/h2,4,6-8,10,12-13,15,19H,3,5,9,11,14H2,1H3/t19-/m1/s1. The zero-order valence-electron chi connectivity index (χ0n) is 18.2. The van der Waals surface area contributed by atoms with Gasteiger partial charge in [0, 0.05) is 31.3 Å². The van der Waals surface area contributed by atoms with Crippen LogP contribution in [0.5, 0.6) is 0 Å². The molecule has 1 aliphatic rings. The minimum absolute atomic E-state index is 0.0166. The van der Waals surface area contributed by atoms with Crippen molar-refractivity contribution in [2.45, 2.75) is 32.1 Å². The Kier molecular flexibility index (Phi) is 6.00. The molecule has 8 heteroatoms. The van der Waals surface area contributed by atoms with Crippen LogP contribution >= 0.6 is 11.3 Å². The van der Waals surface area contributed by atoms with E-state index in [4.69, 9.17) is 4.42 Å². The summed E-state index contributed by atoms with van der Waals surface area (Å²) in [6.07, 6.45) is 5.65. The molecule has 0 unspecified atom stereocenters. The fourth-order valence-electron chi connectivity index (χ4n) is 4.22. The molecule has 1 aliphatic heterocycles. The van der Waals surface area contributed by atoms with E-state index < -0.39 is 0 Å². The second-order valence-corrected chi connectivity index (χ2v) is 9.11. The maximum atomic E-state index is 13.5. The van der Waals surface area contributed by atoms with Gasteiger partial charge in [-0.05, 0) is 49.6 Å². The van der Waals surface area contributed by atoms with Gasteiger partial charge in [0.1, 0.15) is 11.6 Å². The van der Waals surface area contributed by atoms with Crippen molar-refractivity contribution in [3.63, 3.8) is 0 Å². The number of pyridine rings is 1. The number of carbonyl (C=O) groups excluding carboxylic acids is 1. The van der Waals surface area contributed by atoms with Crippen LogP contribution in [0.4, 0.5) is 4.39 Å². The van der Waals surface area contributed by atoms with Crippen LogP contribution in [0.15, 0.2) is 58.7 Å². The van der Waals surface area contributed by atoms with E-state index >= 15 is 0 Å². The summed E-state index contributed by atoms with van der Waals surface area (Å²) < 4.78 is 19.5. The number of rotatable bonds is 5. The van der Waals surface area contributed by atoms with Crippen molar-refractivity contribution in [2.75, 3.05) is 13.1 Å². The Balaban J connectivity index is 1.29. The lowest BCUT2D eigenvalue weighted by molar-refractivity contribution is 0.0698. The Labute approximate surface area is 195 Å². The van der Waals surface area contributed by atoms with Gasteiger partial charge in [0.2, 0.25) is 0 Å². The van der Waals surface area contributed by atoms with Crippen molar-refractivity contribution >= 4 is 17.2 Å². The first-order valence-electron chi connectivity index (χ1n) is 10.9. The molecule has 1 aromatic carbocycles. The summed E-state index contributed by atoms with van der Waals surface area (Å²) in [6.45, 7) is 3.19. The SMILES string of the molecule is Cc1ncsc1-c1cc(C(=O)N2CCC[C@@H](c3ncc(Cc4cccc(F)c4)o3)C2)ccn1. The first-order valence-corrected chi connectivity index (χ1v) is 11.8. The summed E-state index contributed by atoms with van der Waals surface area (Å²) in [5, 5.41) is 0. The molecule has 1 fully saturated rings. The number of aryl methyl sites for hydroxylation is 1. The van der Waals surface area contributed by atoms with Crippen molar-refractivity contribution in [3.05, 3.63) is 88.6 Å². The molecule has 0 N–H and O–H groups in total. The van der Waals surface area contributed by atoms with E-state index in [1.165, 1.54) is 23.5 Å². The van der Waals surface area contributed by atoms with Gasteiger partial charge in [0.15, 0.2) is 5.89 Å². The molecule has 33 heavy (non-hydrogen) atoms. The average molecular weight is 463 g/mol. The van der Waals surface area contributed by atoms with Gasteiger partial charge in [-0.1, -0.05) is 12.1 Å². The van der Waals surface area contributed by atoms with Crippen molar-refractivity contribution < 1.29 is 13.6 Å². The van der Waals surface area contributed by atoms with E-state index in [0.717, 1.165) is 34.7 Å². The number of hydrogen-bond acceptors (Lipinski definition) is 6. The van der Waals surface area contributed by atoms with Gasteiger partial charge >= 0.3 is 0 Å². The highest BCUT2D eigenvalue weighted by molar-refractivity contribution is 7.13. The molecule has 0 aliphatic carbocycles. The second kappa shape index (κ2) is 9.23. The molecule has 0 spiro atoms. The summed E-state index contributed by atoms with van der Waals surface area (Å²) in [5.74, 6) is 1.08. The van der Waals surface area contributed by atoms with Crippen molar-refractivity contribution in [1.82, 2.24) is 19.9 Å². The van der Waals surface area contributed by atoms with Gasteiger partial charge in [-0.25, -0.2) is 14.4 Å². The second-order valence-electron chi connectivity index (χ2n) is 8.26. The molecule has 4 heterocycles. The number of aromatic nitrogens is 3. The minimum atomic E-state index is -0.265. The largest absolute Gasteiger partial charge is 0.445 e. The Morgan fingerprint density at radius 3 is 2.97 bits per heavy atom. The number of thiazole rings is 1. The lowest BCUT2D eigenvalue weighted by atomic mass is 9.97. The van der Waals surface area contributed by atoms with Crippen molar-refractivity contribution in [3.8, 4) is 10.6 Å². The predicted molar refractivity (Wildman–Crippen MR) is 124 cm³/mol. The Bertz CT molecular complexity index is 1280. The maximum Gasteiger partial charge on any atom is 0.254 e. The van der Waals surface area contributed by atoms with Gasteiger partial charge in [0.25, 0.3) is 5.91 Å². The van der Waals surface area contributed by atoms with Crippen molar-refractivity contribution in [2.24, 2.45) is 0 Å². The van der Waals surface area contributed by atoms with E-state index in [9.17, 15) is 9.18 Å². The number of oxazole rings is 1. The van der Waals surface area contributed by atoms with E-state index in [-0.39, 0.29) is 17.6 Å². The summed E-state index contributed by atoms with van der Waals surface area (Å²) in [7, 11) is 0. The molecule has 4 aromatic rings. The monoisotopic (exact) mass is 462 g/mol. The molecule has 3 aromatic heterocycles. The van der Waals surface area contributed by atoms with Gasteiger partial charge in [-0.2, -0.15) is 0 Å². The van der Waals surface area contributed by atoms with Gasteiger partial charge in [0.05, 0.1) is 33.9 Å². The molecular weight excluding hydrogens is 439 g/mol. The molecule has 0 radical (unpaired) electrons. The highest BCUT2D eigenvalue weighted by Crippen LogP contribution is 2.30. The fraction of sp³-hybridized carbons (Fsp3) is 0.280. The van der Waals surface area contributed by atoms with Crippen LogP contribution in [0.2, 0.25) is 0 Å². The third kappa shape index (κ3) is 4.71. The zero-order valence-corrected chi connectivity index (χ0v) is 19.0. The number of carbonyl (C=O) groups is 1. The van der Waals surface area contributed by atoms with Crippen LogP contribution in [0, 0.1) is 12.7 Å². The van der Waals surface area contributed by atoms with Crippen LogP contribution < -0.4 is 0 Å². The van der Waals surface area contributed by atoms with E-state index in [1.807, 2.05) is 24.0 Å². The van der Waals surface area contributed by atoms with Crippen LogP contribution in [0.3, 0.4) is 0 Å². The molecule has 0 saturated carbocycles. The average Bonchev–Trinajstić information content (AvgIpc) is 3.48. The van der Waals surface area contributed by atoms with Crippen LogP contribution in [0.1, 0.15) is 52.0 Å². The highest BCUT2D eigenvalue weighted by Gasteiger charge is 2.28. The summed E-state index contributed by atoms with van der Waals surface area (Å²) in [6, 6.07) is 10.1. The zero-order chi connectivity index (χ0) is 22.8. The van der Waals surface area contributed by atoms with Crippen LogP contribution in [-0.4, -0.2) is 38.8 Å². The summed E-state index contributed by atoms with van der Waals surface area (Å²) in [4.78, 5) is 29.3. The van der Waals surface area contributed by atoms with Gasteiger partial charge in [-0.3, -0.25) is 9.78 Å². The van der Waals surface area contributed by atoms with Crippen LogP contribution in [-0.2, 0) is 6.42 Å². The topological polar surface area (TPSA) is 72.1 Å². The number of halogens is 1. The number of benzene rings is 1. The highest BCUT2D eigenvalue weighted by atomic mass is 32.1. The molecule has 1 saturated heterocycles. The molecule has 5 rings (SSSR count). The van der Waals surface area contributed by atoms with Crippen molar-refractivity contribution in [1.29, 1.82) is 0 Å². The number of nitrogens with zero attached hydrogens (tertiary/aromatic N) is 4. The van der Waals surface area contributed by atoms with Gasteiger partial charge < -0.3 is 9.32 Å². The number of piperidine rings is 1. The molecule has 168 valence electrons. The molecular formula is C25H23FN4O2S. The third-order valence-electron chi connectivity index (χ3n) is 5.88. The Morgan fingerprint density at radius 2 is 2.15 bits per heavy atom. The van der Waals surface area contributed by atoms with E-state index in [2.05, 4.69) is 15.0 Å². The lowest BCUT2D eigenvalue weighted by Gasteiger charge is -2.31. The Morgan fingerprint density at radius 1 is 1.24 bits per heavy atom. The van der Waals surface area contributed by atoms with E-state index in [0.29, 0.717) is 36.7 Å². The summed E-state index contributed by atoms with van der Waals surface area (Å²) in [5.41, 5.74) is 4.92. The third-order valence-corrected chi connectivity index (χ3v) is 6.83. The maximum absolute atomic E-state index is 13.5. The Hall–Kier alpha value is -3.39. The van der Waals surface area contributed by atoms with Crippen LogP contribution in [0.25, 0.3) is 10.6 Å². The lowest BCUT2D eigenvalue weighted by Crippen LogP contribution is -2.39.